The van der Waals surface area contributed by atoms with Crippen molar-refractivity contribution >= 4 is 5.69 Å². The van der Waals surface area contributed by atoms with E-state index in [-0.39, 0.29) is 12.4 Å². The molecule has 0 fully saturated rings. The molecule has 0 saturated heterocycles. The van der Waals surface area contributed by atoms with Crippen molar-refractivity contribution in [3.63, 3.8) is 0 Å². The van der Waals surface area contributed by atoms with Crippen LogP contribution in [0.25, 0.3) is 0 Å². The predicted octanol–water partition coefficient (Wildman–Crippen LogP) is 1.75. The van der Waals surface area contributed by atoms with Crippen LogP contribution >= 0.6 is 0 Å². The van der Waals surface area contributed by atoms with Gasteiger partial charge < -0.3 is 15.3 Å². The molecule has 17 heavy (non-hydrogen) atoms. The molecule has 0 heterocycles. The summed E-state index contributed by atoms with van der Waals surface area (Å²) in [7, 11) is 0. The van der Waals surface area contributed by atoms with Crippen molar-refractivity contribution in [3.8, 4) is 0 Å². The highest BCUT2D eigenvalue weighted by molar-refractivity contribution is 5.53. The summed E-state index contributed by atoms with van der Waals surface area (Å²) < 4.78 is 13.2. The first-order valence-electron chi connectivity index (χ1n) is 6.07. The maximum atomic E-state index is 13.2. The van der Waals surface area contributed by atoms with E-state index in [0.717, 1.165) is 24.3 Å². The van der Waals surface area contributed by atoms with Crippen LogP contribution in [0.5, 0.6) is 0 Å². The average molecular weight is 240 g/mol. The maximum absolute atomic E-state index is 13.2. The van der Waals surface area contributed by atoms with E-state index in [0.29, 0.717) is 13.1 Å². The largest absolute Gasteiger partial charge is 0.395 e. The second-order valence-corrected chi connectivity index (χ2v) is 3.86. The molecule has 1 rings (SSSR count). The number of benzene rings is 1. The second-order valence-electron chi connectivity index (χ2n) is 3.86. The Morgan fingerprint density at radius 2 is 2.12 bits per heavy atom. The molecule has 0 unspecified atom stereocenters. The molecule has 1 aromatic carbocycles. The van der Waals surface area contributed by atoms with Crippen LogP contribution in [0, 0.1) is 5.82 Å². The topological polar surface area (TPSA) is 35.5 Å². The number of aliphatic hydroxyl groups excluding tert-OH is 1. The third-order valence-corrected chi connectivity index (χ3v) is 2.70. The number of hydrogen-bond acceptors (Lipinski definition) is 3. The summed E-state index contributed by atoms with van der Waals surface area (Å²) in [4.78, 5) is 2.05. The molecular formula is C13H21FN2O. The minimum atomic E-state index is -0.221. The zero-order valence-electron chi connectivity index (χ0n) is 10.5. The highest BCUT2D eigenvalue weighted by Crippen LogP contribution is 2.21. The number of hydrogen-bond donors (Lipinski definition) is 2. The van der Waals surface area contributed by atoms with E-state index in [1.165, 1.54) is 6.07 Å². The third-order valence-electron chi connectivity index (χ3n) is 2.70. The van der Waals surface area contributed by atoms with Gasteiger partial charge in [0.05, 0.1) is 6.61 Å². The molecule has 0 aliphatic rings. The van der Waals surface area contributed by atoms with Crippen LogP contribution in [0.15, 0.2) is 18.2 Å². The average Bonchev–Trinajstić information content (AvgIpc) is 2.34. The minimum absolute atomic E-state index is 0.103. The lowest BCUT2D eigenvalue weighted by molar-refractivity contribution is 0.302. The Labute approximate surface area is 102 Å². The van der Waals surface area contributed by atoms with Crippen molar-refractivity contribution in [2.24, 2.45) is 0 Å². The zero-order valence-corrected chi connectivity index (χ0v) is 10.5. The summed E-state index contributed by atoms with van der Waals surface area (Å²) in [5, 5.41) is 12.2. The highest BCUT2D eigenvalue weighted by atomic mass is 19.1. The number of rotatable bonds is 7. The summed E-state index contributed by atoms with van der Waals surface area (Å²) in [5.41, 5.74) is 1.92. The monoisotopic (exact) mass is 240 g/mol. The molecule has 1 aromatic rings. The lowest BCUT2D eigenvalue weighted by Gasteiger charge is -2.25. The van der Waals surface area contributed by atoms with Crippen molar-refractivity contribution in [2.75, 3.05) is 31.1 Å². The van der Waals surface area contributed by atoms with Gasteiger partial charge in [-0.15, -0.1) is 0 Å². The van der Waals surface area contributed by atoms with Crippen LogP contribution in [0.1, 0.15) is 19.4 Å². The van der Waals surface area contributed by atoms with E-state index in [1.54, 1.807) is 12.1 Å². The molecule has 0 bridgehead atoms. The summed E-state index contributed by atoms with van der Waals surface area (Å²) in [6.07, 6.45) is 0. The van der Waals surface area contributed by atoms with E-state index in [1.807, 2.05) is 18.7 Å². The highest BCUT2D eigenvalue weighted by Gasteiger charge is 2.10. The summed E-state index contributed by atoms with van der Waals surface area (Å²) in [5.74, 6) is -0.221. The van der Waals surface area contributed by atoms with Crippen LogP contribution in [-0.4, -0.2) is 31.3 Å². The first-order chi connectivity index (χ1) is 8.22. The summed E-state index contributed by atoms with van der Waals surface area (Å²) in [6, 6.07) is 4.80. The predicted molar refractivity (Wildman–Crippen MR) is 68.8 cm³/mol. The lowest BCUT2D eigenvalue weighted by Crippen LogP contribution is -2.28. The minimum Gasteiger partial charge on any atom is -0.395 e. The molecule has 0 aromatic heterocycles. The quantitative estimate of drug-likeness (QED) is 0.762. The van der Waals surface area contributed by atoms with Gasteiger partial charge in [-0.05, 0) is 37.2 Å². The van der Waals surface area contributed by atoms with Crippen molar-refractivity contribution in [1.82, 2.24) is 5.32 Å². The third kappa shape index (κ3) is 3.98. The summed E-state index contributed by atoms with van der Waals surface area (Å²) in [6.45, 7) is 7.01. The Morgan fingerprint density at radius 1 is 1.35 bits per heavy atom. The van der Waals surface area contributed by atoms with Gasteiger partial charge in [0.25, 0.3) is 0 Å². The van der Waals surface area contributed by atoms with Gasteiger partial charge in [-0.25, -0.2) is 4.39 Å². The van der Waals surface area contributed by atoms with Gasteiger partial charge in [-0.3, -0.25) is 0 Å². The van der Waals surface area contributed by atoms with Crippen LogP contribution < -0.4 is 10.2 Å². The van der Waals surface area contributed by atoms with Gasteiger partial charge >= 0.3 is 0 Å². The molecule has 3 nitrogen and oxygen atoms in total. The van der Waals surface area contributed by atoms with Crippen LogP contribution in [-0.2, 0) is 6.54 Å². The van der Waals surface area contributed by atoms with Gasteiger partial charge in [-0.1, -0.05) is 6.92 Å². The Balaban J connectivity index is 2.94. The molecule has 0 atom stereocenters. The van der Waals surface area contributed by atoms with Crippen molar-refractivity contribution in [3.05, 3.63) is 29.6 Å². The zero-order chi connectivity index (χ0) is 12.7. The van der Waals surface area contributed by atoms with Crippen LogP contribution in [0.2, 0.25) is 0 Å². The fourth-order valence-corrected chi connectivity index (χ4v) is 1.83. The molecule has 0 saturated carbocycles. The first-order valence-corrected chi connectivity index (χ1v) is 6.07. The Bertz CT molecular complexity index is 344. The number of likely N-dealkylation sites (N-methyl/N-ethyl adjacent to an activating group) is 1. The number of aliphatic hydroxyl groups is 1. The fraction of sp³-hybridized carbons (Fsp3) is 0.538. The van der Waals surface area contributed by atoms with Crippen LogP contribution in [0.4, 0.5) is 10.1 Å². The molecule has 0 spiro atoms. The molecule has 0 radical (unpaired) electrons. The molecule has 2 N–H and O–H groups in total. The molecular weight excluding hydrogens is 219 g/mol. The SMILES string of the molecule is CCNCc1cc(F)ccc1N(CC)CCO. The molecule has 0 amide bonds. The van der Waals surface area contributed by atoms with Gasteiger partial charge in [0.15, 0.2) is 0 Å². The lowest BCUT2D eigenvalue weighted by atomic mass is 10.1. The maximum Gasteiger partial charge on any atom is 0.123 e. The van der Waals surface area contributed by atoms with E-state index >= 15 is 0 Å². The van der Waals surface area contributed by atoms with E-state index in [2.05, 4.69) is 5.32 Å². The van der Waals surface area contributed by atoms with E-state index < -0.39 is 0 Å². The van der Waals surface area contributed by atoms with E-state index in [9.17, 15) is 4.39 Å². The van der Waals surface area contributed by atoms with E-state index in [4.69, 9.17) is 5.11 Å². The smallest absolute Gasteiger partial charge is 0.123 e. The number of nitrogens with zero attached hydrogens (tertiary/aromatic N) is 1. The molecule has 0 aliphatic carbocycles. The Morgan fingerprint density at radius 3 is 2.71 bits per heavy atom. The number of nitrogens with one attached hydrogen (secondary N) is 1. The van der Waals surface area contributed by atoms with Gasteiger partial charge in [-0.2, -0.15) is 0 Å². The standard InChI is InChI=1S/C13H21FN2O/c1-3-15-10-11-9-12(14)5-6-13(11)16(4-2)7-8-17/h5-6,9,15,17H,3-4,7-8,10H2,1-2H3. The first kappa shape index (κ1) is 13.9. The molecule has 96 valence electrons. The van der Waals surface area contributed by atoms with Gasteiger partial charge in [0, 0.05) is 25.3 Å². The Kier molecular flexibility index (Phi) is 5.94. The second kappa shape index (κ2) is 7.25. The number of halogens is 1. The van der Waals surface area contributed by atoms with Gasteiger partial charge in [0.1, 0.15) is 5.82 Å². The van der Waals surface area contributed by atoms with Gasteiger partial charge in [0.2, 0.25) is 0 Å². The van der Waals surface area contributed by atoms with Crippen molar-refractivity contribution in [1.29, 1.82) is 0 Å². The van der Waals surface area contributed by atoms with Crippen molar-refractivity contribution in [2.45, 2.75) is 20.4 Å². The Hall–Kier alpha value is -1.13. The molecule has 0 aliphatic heterocycles. The van der Waals surface area contributed by atoms with Crippen LogP contribution in [0.3, 0.4) is 0 Å². The normalized spacial score (nSPS) is 10.6. The number of anilines is 1. The summed E-state index contributed by atoms with van der Waals surface area (Å²) >= 11 is 0. The molecule has 4 heteroatoms. The fourth-order valence-electron chi connectivity index (χ4n) is 1.83. The van der Waals surface area contributed by atoms with Crippen molar-refractivity contribution < 1.29 is 9.50 Å².